The molecule has 3 nitrogen and oxygen atoms in total. The highest BCUT2D eigenvalue weighted by Gasteiger charge is 2.03. The lowest BCUT2D eigenvalue weighted by molar-refractivity contribution is -0.121. The molecule has 0 aromatic carbocycles. The van der Waals surface area contributed by atoms with Gasteiger partial charge in [-0.2, -0.15) is 0 Å². The maximum atomic E-state index is 10.5. The maximum absolute atomic E-state index is 10.5. The average Bonchev–Trinajstić information content (AvgIpc) is 1.87. The fourth-order valence-electron chi connectivity index (χ4n) is 0.520. The van der Waals surface area contributed by atoms with E-state index in [1.165, 1.54) is 0 Å². The predicted molar refractivity (Wildman–Crippen MR) is 36.4 cm³/mol. The van der Waals surface area contributed by atoms with Crippen LogP contribution in [0.5, 0.6) is 0 Å². The van der Waals surface area contributed by atoms with Crippen molar-refractivity contribution in [3.63, 3.8) is 0 Å². The molecule has 1 unspecified atom stereocenters. The zero-order valence-electron chi connectivity index (χ0n) is 5.98. The fraction of sp³-hybridized carbons (Fsp3) is 0.833. The summed E-state index contributed by atoms with van der Waals surface area (Å²) < 4.78 is 0. The summed E-state index contributed by atoms with van der Waals surface area (Å²) in [6.07, 6.45) is 1.56. The van der Waals surface area contributed by atoms with E-state index < -0.39 is 0 Å². The summed E-state index contributed by atoms with van der Waals surface area (Å²) in [6, 6.07) is 0. The first kappa shape index (κ1) is 8.43. The molecule has 0 aliphatic heterocycles. The number of hydrazine groups is 1. The number of nitrogens with one attached hydrogen (secondary N) is 1. The van der Waals surface area contributed by atoms with Crippen LogP contribution in [-0.2, 0) is 4.79 Å². The second-order valence-corrected chi connectivity index (χ2v) is 2.29. The van der Waals surface area contributed by atoms with Crippen LogP contribution in [0.3, 0.4) is 0 Å². The highest BCUT2D eigenvalue weighted by molar-refractivity contribution is 5.75. The smallest absolute Gasteiger partial charge is 0.234 e. The first-order valence-electron chi connectivity index (χ1n) is 3.20. The average molecular weight is 130 g/mol. The Morgan fingerprint density at radius 2 is 2.33 bits per heavy atom. The first-order chi connectivity index (χ1) is 4.20. The molecule has 1 amide bonds. The highest BCUT2D eigenvalue weighted by atomic mass is 16.2. The fourth-order valence-corrected chi connectivity index (χ4v) is 0.520. The molecule has 0 fully saturated rings. The van der Waals surface area contributed by atoms with Crippen molar-refractivity contribution in [3.05, 3.63) is 0 Å². The van der Waals surface area contributed by atoms with Crippen molar-refractivity contribution < 1.29 is 4.79 Å². The Morgan fingerprint density at radius 3 is 2.67 bits per heavy atom. The number of hydrogen-bond acceptors (Lipinski definition) is 2. The number of amides is 1. The molecule has 0 aliphatic rings. The van der Waals surface area contributed by atoms with Gasteiger partial charge in [-0.15, -0.1) is 0 Å². The van der Waals surface area contributed by atoms with Gasteiger partial charge in [-0.05, 0) is 5.92 Å². The topological polar surface area (TPSA) is 55.1 Å². The zero-order chi connectivity index (χ0) is 7.28. The number of hydrogen-bond donors (Lipinski definition) is 2. The molecule has 0 bridgehead atoms. The predicted octanol–water partition coefficient (Wildman–Crippen LogP) is 0.413. The van der Waals surface area contributed by atoms with Crippen LogP contribution in [0.25, 0.3) is 0 Å². The molecule has 0 saturated heterocycles. The molecule has 54 valence electrons. The van der Waals surface area contributed by atoms with E-state index in [4.69, 9.17) is 5.84 Å². The molecule has 0 rings (SSSR count). The van der Waals surface area contributed by atoms with Crippen molar-refractivity contribution in [2.75, 3.05) is 0 Å². The van der Waals surface area contributed by atoms with E-state index in [2.05, 4.69) is 12.3 Å². The van der Waals surface area contributed by atoms with Gasteiger partial charge in [0.1, 0.15) is 0 Å². The van der Waals surface area contributed by atoms with Crippen molar-refractivity contribution in [1.29, 1.82) is 0 Å². The minimum absolute atomic E-state index is 0.0793. The van der Waals surface area contributed by atoms with Crippen LogP contribution < -0.4 is 11.3 Å². The quantitative estimate of drug-likeness (QED) is 0.330. The van der Waals surface area contributed by atoms with Gasteiger partial charge in [0.2, 0.25) is 5.91 Å². The molecule has 3 heteroatoms. The third-order valence-electron chi connectivity index (χ3n) is 1.39. The van der Waals surface area contributed by atoms with Gasteiger partial charge in [0.15, 0.2) is 0 Å². The van der Waals surface area contributed by atoms with E-state index in [0.717, 1.165) is 6.42 Å². The number of nitrogens with two attached hydrogens (primary N) is 1. The van der Waals surface area contributed by atoms with Crippen molar-refractivity contribution >= 4 is 5.91 Å². The number of rotatable bonds is 3. The van der Waals surface area contributed by atoms with Gasteiger partial charge in [0.25, 0.3) is 0 Å². The first-order valence-corrected chi connectivity index (χ1v) is 3.20. The normalized spacial score (nSPS) is 12.8. The maximum Gasteiger partial charge on any atom is 0.234 e. The van der Waals surface area contributed by atoms with Crippen molar-refractivity contribution in [2.45, 2.75) is 26.7 Å². The highest BCUT2D eigenvalue weighted by Crippen LogP contribution is 2.04. The van der Waals surface area contributed by atoms with Crippen LogP contribution in [0, 0.1) is 5.92 Å². The Labute approximate surface area is 55.6 Å². The van der Waals surface area contributed by atoms with Gasteiger partial charge in [0, 0.05) is 6.42 Å². The summed E-state index contributed by atoms with van der Waals surface area (Å²) in [5, 5.41) is 0. The summed E-state index contributed by atoms with van der Waals surface area (Å²) in [5.74, 6) is 5.23. The van der Waals surface area contributed by atoms with Crippen LogP contribution in [0.15, 0.2) is 0 Å². The third-order valence-corrected chi connectivity index (χ3v) is 1.39. The molecule has 1 atom stereocenters. The Balaban J connectivity index is 3.34. The minimum Gasteiger partial charge on any atom is -0.294 e. The second kappa shape index (κ2) is 4.32. The molecular weight excluding hydrogens is 116 g/mol. The second-order valence-electron chi connectivity index (χ2n) is 2.29. The van der Waals surface area contributed by atoms with E-state index in [1.807, 2.05) is 6.92 Å². The number of carbonyl (C=O) groups excluding carboxylic acids is 1. The molecule has 0 aromatic rings. The SMILES string of the molecule is CCC(C)CC(=O)NN. The standard InChI is InChI=1S/C6H14N2O/c1-3-5(2)4-6(9)8-7/h5H,3-4,7H2,1-2H3,(H,8,9). The monoisotopic (exact) mass is 130 g/mol. The molecule has 0 spiro atoms. The van der Waals surface area contributed by atoms with E-state index in [9.17, 15) is 4.79 Å². The van der Waals surface area contributed by atoms with Crippen LogP contribution in [-0.4, -0.2) is 5.91 Å². The van der Waals surface area contributed by atoms with Crippen LogP contribution in [0.2, 0.25) is 0 Å². The molecule has 0 heterocycles. The molecule has 9 heavy (non-hydrogen) atoms. The zero-order valence-corrected chi connectivity index (χ0v) is 5.98. The van der Waals surface area contributed by atoms with Crippen LogP contribution in [0.1, 0.15) is 26.7 Å². The van der Waals surface area contributed by atoms with Crippen molar-refractivity contribution in [1.82, 2.24) is 5.43 Å². The van der Waals surface area contributed by atoms with E-state index >= 15 is 0 Å². The summed E-state index contributed by atoms with van der Waals surface area (Å²) in [5.41, 5.74) is 2.09. The molecule has 0 radical (unpaired) electrons. The Kier molecular flexibility index (Phi) is 4.05. The van der Waals surface area contributed by atoms with Gasteiger partial charge in [-0.3, -0.25) is 10.2 Å². The van der Waals surface area contributed by atoms with Crippen LogP contribution >= 0.6 is 0 Å². The lowest BCUT2D eigenvalue weighted by Crippen LogP contribution is -2.31. The van der Waals surface area contributed by atoms with E-state index in [1.54, 1.807) is 0 Å². The third kappa shape index (κ3) is 3.97. The van der Waals surface area contributed by atoms with Crippen molar-refractivity contribution in [3.8, 4) is 0 Å². The van der Waals surface area contributed by atoms with E-state index in [-0.39, 0.29) is 5.91 Å². The van der Waals surface area contributed by atoms with Crippen LogP contribution in [0.4, 0.5) is 0 Å². The molecular formula is C6H14N2O. The molecule has 0 saturated carbocycles. The molecule has 0 aromatic heterocycles. The molecule has 0 aliphatic carbocycles. The Morgan fingerprint density at radius 1 is 1.78 bits per heavy atom. The summed E-state index contributed by atoms with van der Waals surface area (Å²) in [6.45, 7) is 4.07. The lowest BCUT2D eigenvalue weighted by atomic mass is 10.1. The van der Waals surface area contributed by atoms with E-state index in [0.29, 0.717) is 12.3 Å². The van der Waals surface area contributed by atoms with Gasteiger partial charge in [-0.1, -0.05) is 20.3 Å². The minimum atomic E-state index is -0.0793. The summed E-state index contributed by atoms with van der Waals surface area (Å²) >= 11 is 0. The largest absolute Gasteiger partial charge is 0.294 e. The van der Waals surface area contributed by atoms with Gasteiger partial charge in [0.05, 0.1) is 0 Å². The van der Waals surface area contributed by atoms with Gasteiger partial charge < -0.3 is 0 Å². The Bertz CT molecular complexity index is 93.1. The lowest BCUT2D eigenvalue weighted by Gasteiger charge is -2.04. The van der Waals surface area contributed by atoms with Gasteiger partial charge in [-0.25, -0.2) is 5.84 Å². The summed E-state index contributed by atoms with van der Waals surface area (Å²) in [4.78, 5) is 10.5. The van der Waals surface area contributed by atoms with Crippen molar-refractivity contribution in [2.24, 2.45) is 11.8 Å². The Hall–Kier alpha value is -0.570. The summed E-state index contributed by atoms with van der Waals surface area (Å²) in [7, 11) is 0. The van der Waals surface area contributed by atoms with Gasteiger partial charge >= 0.3 is 0 Å². The molecule has 3 N–H and O–H groups in total. The number of carbonyl (C=O) groups is 1.